The molecule has 1 aromatic rings. The third-order valence-electron chi connectivity index (χ3n) is 3.04. The zero-order valence-corrected chi connectivity index (χ0v) is 10.4. The van der Waals surface area contributed by atoms with Gasteiger partial charge in [0.1, 0.15) is 5.82 Å². The molecule has 0 radical (unpaired) electrons. The molecular weight excluding hydrogens is 232 g/mol. The van der Waals surface area contributed by atoms with Crippen LogP contribution in [-0.2, 0) is 4.74 Å². The normalized spacial score (nSPS) is 21.7. The highest BCUT2D eigenvalue weighted by Crippen LogP contribution is 2.16. The van der Waals surface area contributed by atoms with Crippen molar-refractivity contribution in [2.75, 3.05) is 24.6 Å². The summed E-state index contributed by atoms with van der Waals surface area (Å²) in [5.41, 5.74) is 11.4. The minimum atomic E-state index is -0.468. The number of rotatable bonds is 3. The first kappa shape index (κ1) is 12.8. The summed E-state index contributed by atoms with van der Waals surface area (Å²) in [4.78, 5) is 17.3. The van der Waals surface area contributed by atoms with Crippen molar-refractivity contribution in [2.45, 2.75) is 19.1 Å². The van der Waals surface area contributed by atoms with Crippen LogP contribution in [0.1, 0.15) is 17.3 Å². The Hall–Kier alpha value is -1.66. The van der Waals surface area contributed by atoms with Crippen molar-refractivity contribution in [2.24, 2.45) is 11.5 Å². The fourth-order valence-corrected chi connectivity index (χ4v) is 1.92. The van der Waals surface area contributed by atoms with E-state index in [0.717, 1.165) is 12.4 Å². The monoisotopic (exact) mass is 250 g/mol. The van der Waals surface area contributed by atoms with Gasteiger partial charge < -0.3 is 21.1 Å². The number of primary amides is 1. The van der Waals surface area contributed by atoms with Crippen molar-refractivity contribution in [3.63, 3.8) is 0 Å². The summed E-state index contributed by atoms with van der Waals surface area (Å²) in [6.07, 6.45) is 1.50. The van der Waals surface area contributed by atoms with Gasteiger partial charge in [0.15, 0.2) is 0 Å². The van der Waals surface area contributed by atoms with Crippen molar-refractivity contribution in [3.8, 4) is 0 Å². The molecule has 1 aliphatic rings. The predicted octanol–water partition coefficient (Wildman–Crippen LogP) is -0.267. The largest absolute Gasteiger partial charge is 0.373 e. The number of amides is 1. The quantitative estimate of drug-likeness (QED) is 0.770. The van der Waals surface area contributed by atoms with E-state index >= 15 is 0 Å². The van der Waals surface area contributed by atoms with E-state index in [2.05, 4.69) is 9.88 Å². The molecule has 98 valence electrons. The first-order chi connectivity index (χ1) is 8.58. The van der Waals surface area contributed by atoms with Gasteiger partial charge in [0.2, 0.25) is 5.91 Å². The van der Waals surface area contributed by atoms with Gasteiger partial charge in [-0.1, -0.05) is 0 Å². The number of pyridine rings is 1. The number of hydrogen-bond donors (Lipinski definition) is 2. The second kappa shape index (κ2) is 5.32. The minimum absolute atomic E-state index is 0.0105. The van der Waals surface area contributed by atoms with E-state index in [0.29, 0.717) is 18.7 Å². The number of nitrogens with zero attached hydrogens (tertiary/aromatic N) is 2. The van der Waals surface area contributed by atoms with Crippen molar-refractivity contribution in [1.82, 2.24) is 4.98 Å². The van der Waals surface area contributed by atoms with Crippen molar-refractivity contribution in [1.29, 1.82) is 0 Å². The third-order valence-corrected chi connectivity index (χ3v) is 3.04. The molecule has 1 saturated heterocycles. The first-order valence-corrected chi connectivity index (χ1v) is 5.96. The molecule has 0 spiro atoms. The number of morpholine rings is 1. The molecule has 18 heavy (non-hydrogen) atoms. The lowest BCUT2D eigenvalue weighted by atomic mass is 10.1. The van der Waals surface area contributed by atoms with Crippen LogP contribution >= 0.6 is 0 Å². The Bertz CT molecular complexity index is 419. The van der Waals surface area contributed by atoms with Crippen LogP contribution < -0.4 is 16.4 Å². The van der Waals surface area contributed by atoms with E-state index in [9.17, 15) is 4.79 Å². The maximum atomic E-state index is 11.0. The molecule has 0 aromatic carbocycles. The second-order valence-electron chi connectivity index (χ2n) is 4.48. The van der Waals surface area contributed by atoms with Crippen molar-refractivity contribution in [3.05, 3.63) is 23.9 Å². The van der Waals surface area contributed by atoms with E-state index in [-0.39, 0.29) is 12.1 Å². The Morgan fingerprint density at radius 3 is 2.94 bits per heavy atom. The van der Waals surface area contributed by atoms with Crippen molar-refractivity contribution >= 4 is 11.7 Å². The number of anilines is 1. The molecule has 0 saturated carbocycles. The highest BCUT2D eigenvalue weighted by Gasteiger charge is 2.24. The predicted molar refractivity (Wildman–Crippen MR) is 68.4 cm³/mol. The molecule has 1 aliphatic heterocycles. The highest BCUT2D eigenvalue weighted by molar-refractivity contribution is 5.92. The molecule has 6 nitrogen and oxygen atoms in total. The zero-order chi connectivity index (χ0) is 13.1. The van der Waals surface area contributed by atoms with E-state index in [1.54, 1.807) is 12.1 Å². The van der Waals surface area contributed by atoms with Gasteiger partial charge >= 0.3 is 0 Å². The number of ether oxygens (including phenoxy) is 1. The van der Waals surface area contributed by atoms with Crippen LogP contribution in [0.25, 0.3) is 0 Å². The molecule has 2 heterocycles. The summed E-state index contributed by atoms with van der Waals surface area (Å²) >= 11 is 0. The van der Waals surface area contributed by atoms with Crippen LogP contribution in [-0.4, -0.2) is 42.7 Å². The maximum Gasteiger partial charge on any atom is 0.250 e. The van der Waals surface area contributed by atoms with Gasteiger partial charge in [-0.3, -0.25) is 4.79 Å². The summed E-state index contributed by atoms with van der Waals surface area (Å²) in [5, 5.41) is 0. The molecule has 2 atom stereocenters. The number of carbonyl (C=O) groups excluding carboxylic acids is 1. The Morgan fingerprint density at radius 1 is 1.61 bits per heavy atom. The molecule has 1 fully saturated rings. The van der Waals surface area contributed by atoms with Crippen LogP contribution in [0.2, 0.25) is 0 Å². The summed E-state index contributed by atoms with van der Waals surface area (Å²) < 4.78 is 5.58. The van der Waals surface area contributed by atoms with E-state index in [1.165, 1.54) is 6.20 Å². The maximum absolute atomic E-state index is 11.0. The average Bonchev–Trinajstić information content (AvgIpc) is 2.39. The Labute approximate surface area is 106 Å². The summed E-state index contributed by atoms with van der Waals surface area (Å²) in [6, 6.07) is 3.46. The van der Waals surface area contributed by atoms with Gasteiger partial charge in [-0.2, -0.15) is 0 Å². The second-order valence-corrected chi connectivity index (χ2v) is 4.48. The van der Waals surface area contributed by atoms with Crippen LogP contribution in [0.15, 0.2) is 18.3 Å². The van der Waals surface area contributed by atoms with Gasteiger partial charge in [0.25, 0.3) is 0 Å². The number of nitrogens with two attached hydrogens (primary N) is 2. The minimum Gasteiger partial charge on any atom is -0.373 e. The van der Waals surface area contributed by atoms with E-state index < -0.39 is 5.91 Å². The van der Waals surface area contributed by atoms with Crippen LogP contribution in [0, 0.1) is 0 Å². The molecule has 1 aromatic heterocycles. The van der Waals surface area contributed by atoms with Gasteiger partial charge in [-0.15, -0.1) is 0 Å². The van der Waals surface area contributed by atoms with Gasteiger partial charge in [-0.05, 0) is 19.1 Å². The van der Waals surface area contributed by atoms with Crippen LogP contribution in [0.5, 0.6) is 0 Å². The fraction of sp³-hybridized carbons (Fsp3) is 0.500. The summed E-state index contributed by atoms with van der Waals surface area (Å²) in [7, 11) is 0. The van der Waals surface area contributed by atoms with Crippen LogP contribution in [0.4, 0.5) is 5.82 Å². The topological polar surface area (TPSA) is 94.5 Å². The Morgan fingerprint density at radius 2 is 2.39 bits per heavy atom. The molecule has 0 aliphatic carbocycles. The number of carbonyl (C=O) groups is 1. The van der Waals surface area contributed by atoms with Gasteiger partial charge in [-0.25, -0.2) is 4.98 Å². The fourth-order valence-electron chi connectivity index (χ4n) is 1.92. The van der Waals surface area contributed by atoms with E-state index in [4.69, 9.17) is 16.2 Å². The average molecular weight is 250 g/mol. The molecule has 6 heteroatoms. The molecular formula is C12H18N4O2. The first-order valence-electron chi connectivity index (χ1n) is 5.96. The van der Waals surface area contributed by atoms with E-state index in [1.807, 2.05) is 6.92 Å². The van der Waals surface area contributed by atoms with Crippen LogP contribution in [0.3, 0.4) is 0 Å². The molecule has 0 bridgehead atoms. The molecule has 4 N–H and O–H groups in total. The smallest absolute Gasteiger partial charge is 0.250 e. The van der Waals surface area contributed by atoms with Crippen molar-refractivity contribution < 1.29 is 9.53 Å². The molecule has 1 amide bonds. The lowest BCUT2D eigenvalue weighted by molar-refractivity contribution is 0.0273. The molecule has 2 rings (SSSR count). The summed E-state index contributed by atoms with van der Waals surface area (Å²) in [5.74, 6) is 0.346. The SMILES string of the molecule is CC(N)C1CN(c2ccc(C(N)=O)cn2)CCO1. The number of aromatic nitrogens is 1. The standard InChI is InChI=1S/C12H18N4O2/c1-8(13)10-7-16(4-5-18-10)11-3-2-9(6-15-11)12(14)17/h2-3,6,8,10H,4-5,7,13H2,1H3,(H2,14,17). The Balaban J connectivity index is 2.09. The zero-order valence-electron chi connectivity index (χ0n) is 10.4. The number of hydrogen-bond acceptors (Lipinski definition) is 5. The highest BCUT2D eigenvalue weighted by atomic mass is 16.5. The third kappa shape index (κ3) is 2.77. The lowest BCUT2D eigenvalue weighted by Gasteiger charge is -2.35. The van der Waals surface area contributed by atoms with Gasteiger partial charge in [0, 0.05) is 25.3 Å². The lowest BCUT2D eigenvalue weighted by Crippen LogP contribution is -2.49. The molecule has 2 unspecified atom stereocenters. The Kier molecular flexibility index (Phi) is 3.78. The van der Waals surface area contributed by atoms with Gasteiger partial charge in [0.05, 0.1) is 18.3 Å². The summed E-state index contributed by atoms with van der Waals surface area (Å²) in [6.45, 7) is 4.04.